The van der Waals surface area contributed by atoms with Gasteiger partial charge in [0.25, 0.3) is 0 Å². The van der Waals surface area contributed by atoms with Gasteiger partial charge < -0.3 is 10.1 Å². The van der Waals surface area contributed by atoms with Crippen LogP contribution in [0.1, 0.15) is 10.6 Å². The van der Waals surface area contributed by atoms with E-state index >= 15 is 0 Å². The third-order valence-electron chi connectivity index (χ3n) is 2.64. The number of hydrogen-bond donors (Lipinski definition) is 2. The fourth-order valence-corrected chi connectivity index (χ4v) is 2.01. The predicted octanol–water partition coefficient (Wildman–Crippen LogP) is 2.37. The number of nitrogens with one attached hydrogen (secondary N) is 1. The molecule has 0 saturated carbocycles. The van der Waals surface area contributed by atoms with Gasteiger partial charge in [-0.05, 0) is 6.07 Å². The number of carbonyl (C=O) groups is 1. The Morgan fingerprint density at radius 3 is 2.95 bits per heavy atom. The Balaban J connectivity index is 2.29. The molecule has 0 amide bonds. The van der Waals surface area contributed by atoms with E-state index in [2.05, 4.69) is 19.9 Å². The molecular formula is C12H7ClN4O2. The summed E-state index contributed by atoms with van der Waals surface area (Å²) < 4.78 is 0. The largest absolute Gasteiger partial charge is 0.475 e. The number of rotatable bonds is 2. The number of hydrogen-bond acceptors (Lipinski definition) is 4. The third-order valence-corrected chi connectivity index (χ3v) is 2.92. The summed E-state index contributed by atoms with van der Waals surface area (Å²) in [7, 11) is 0. The van der Waals surface area contributed by atoms with Crippen LogP contribution in [-0.4, -0.2) is 31.0 Å². The first-order valence-corrected chi connectivity index (χ1v) is 5.73. The molecule has 0 radical (unpaired) electrons. The highest BCUT2D eigenvalue weighted by Gasteiger charge is 2.15. The van der Waals surface area contributed by atoms with Crippen molar-refractivity contribution in [3.63, 3.8) is 0 Å². The van der Waals surface area contributed by atoms with Crippen LogP contribution in [-0.2, 0) is 0 Å². The number of para-hydroxylation sites is 1. The predicted molar refractivity (Wildman–Crippen MR) is 69.1 cm³/mol. The van der Waals surface area contributed by atoms with Crippen LogP contribution in [0.2, 0.25) is 5.02 Å². The summed E-state index contributed by atoms with van der Waals surface area (Å²) in [5.41, 5.74) is 2.52. The molecule has 0 spiro atoms. The molecule has 0 saturated heterocycles. The quantitative estimate of drug-likeness (QED) is 0.748. The highest BCUT2D eigenvalue weighted by molar-refractivity contribution is 6.33. The van der Waals surface area contributed by atoms with Gasteiger partial charge in [0, 0.05) is 5.56 Å². The molecule has 2 N–H and O–H groups in total. The van der Waals surface area contributed by atoms with Crippen LogP contribution in [0.3, 0.4) is 0 Å². The highest BCUT2D eigenvalue weighted by Crippen LogP contribution is 2.30. The van der Waals surface area contributed by atoms with E-state index in [4.69, 9.17) is 16.7 Å². The molecule has 0 aliphatic carbocycles. The van der Waals surface area contributed by atoms with Gasteiger partial charge in [-0.15, -0.1) is 0 Å². The molecule has 0 atom stereocenters. The van der Waals surface area contributed by atoms with Crippen LogP contribution in [0.25, 0.3) is 22.3 Å². The fraction of sp³-hybridized carbons (Fsp3) is 0. The zero-order valence-corrected chi connectivity index (χ0v) is 10.2. The van der Waals surface area contributed by atoms with Crippen LogP contribution in [0.15, 0.2) is 30.7 Å². The smallest absolute Gasteiger partial charge is 0.373 e. The van der Waals surface area contributed by atoms with Crippen LogP contribution in [0.4, 0.5) is 0 Å². The summed E-state index contributed by atoms with van der Waals surface area (Å²) in [6.45, 7) is 0. The summed E-state index contributed by atoms with van der Waals surface area (Å²) in [5, 5.41) is 9.21. The minimum absolute atomic E-state index is 0.278. The fourth-order valence-electron chi connectivity index (χ4n) is 1.82. The minimum atomic E-state index is -1.20. The molecule has 0 unspecified atom stereocenters. The molecule has 2 heterocycles. The summed E-state index contributed by atoms with van der Waals surface area (Å²) >= 11 is 6.05. The first kappa shape index (κ1) is 11.6. The van der Waals surface area contributed by atoms with Gasteiger partial charge in [-0.25, -0.2) is 19.7 Å². The molecule has 6 nitrogen and oxygen atoms in total. The number of H-pyrrole nitrogens is 1. The molecule has 19 heavy (non-hydrogen) atoms. The topological polar surface area (TPSA) is 91.8 Å². The Morgan fingerprint density at radius 1 is 1.32 bits per heavy atom. The van der Waals surface area contributed by atoms with E-state index in [-0.39, 0.29) is 10.8 Å². The van der Waals surface area contributed by atoms with Crippen LogP contribution >= 0.6 is 11.6 Å². The van der Waals surface area contributed by atoms with Gasteiger partial charge in [0.05, 0.1) is 34.3 Å². The van der Waals surface area contributed by atoms with Crippen molar-refractivity contribution in [3.8, 4) is 11.3 Å². The van der Waals surface area contributed by atoms with Gasteiger partial charge in [0.15, 0.2) is 0 Å². The maximum atomic E-state index is 10.9. The number of halogens is 1. The molecule has 0 aliphatic rings. The van der Waals surface area contributed by atoms with Crippen molar-refractivity contribution in [2.75, 3.05) is 0 Å². The minimum Gasteiger partial charge on any atom is -0.475 e. The van der Waals surface area contributed by atoms with E-state index in [1.165, 1.54) is 6.20 Å². The Hall–Kier alpha value is -2.47. The summed E-state index contributed by atoms with van der Waals surface area (Å²) in [5.74, 6) is -1.50. The lowest BCUT2D eigenvalue weighted by Crippen LogP contribution is -2.05. The Morgan fingerprint density at radius 2 is 2.16 bits per heavy atom. The van der Waals surface area contributed by atoms with Crippen molar-refractivity contribution >= 4 is 28.6 Å². The number of aromatic nitrogens is 4. The first-order valence-electron chi connectivity index (χ1n) is 5.35. The standard InChI is InChI=1S/C12H7ClN4O2/c13-7-4-14-11(12(18)19)17-9(7)6-2-1-3-8-10(6)16-5-15-8/h1-5H,(H,15,16)(H,18,19). The summed E-state index contributed by atoms with van der Waals surface area (Å²) in [6.07, 6.45) is 2.83. The molecular weight excluding hydrogens is 268 g/mol. The number of benzene rings is 1. The van der Waals surface area contributed by atoms with Gasteiger partial charge in [-0.2, -0.15) is 0 Å². The Bertz CT molecular complexity index is 784. The van der Waals surface area contributed by atoms with E-state index in [0.717, 1.165) is 5.52 Å². The molecule has 0 fully saturated rings. The lowest BCUT2D eigenvalue weighted by Gasteiger charge is -2.05. The summed E-state index contributed by atoms with van der Waals surface area (Å²) in [4.78, 5) is 25.7. The van der Waals surface area contributed by atoms with Crippen LogP contribution in [0, 0.1) is 0 Å². The first-order chi connectivity index (χ1) is 9.16. The van der Waals surface area contributed by atoms with Gasteiger partial charge in [-0.1, -0.05) is 23.7 Å². The molecule has 94 valence electrons. The van der Waals surface area contributed by atoms with Gasteiger partial charge in [-0.3, -0.25) is 0 Å². The second-order valence-electron chi connectivity index (χ2n) is 3.80. The molecule has 3 aromatic rings. The van der Waals surface area contributed by atoms with Gasteiger partial charge >= 0.3 is 5.97 Å². The summed E-state index contributed by atoms with van der Waals surface area (Å²) in [6, 6.07) is 5.46. The van der Waals surface area contributed by atoms with Crippen molar-refractivity contribution < 1.29 is 9.90 Å². The second-order valence-corrected chi connectivity index (χ2v) is 4.21. The van der Waals surface area contributed by atoms with E-state index in [1.54, 1.807) is 12.4 Å². The number of nitrogens with zero attached hydrogens (tertiary/aromatic N) is 3. The van der Waals surface area contributed by atoms with Crippen molar-refractivity contribution in [3.05, 3.63) is 41.6 Å². The Kier molecular flexibility index (Phi) is 2.64. The molecule has 0 aliphatic heterocycles. The average Bonchev–Trinajstić information content (AvgIpc) is 2.87. The number of aromatic carboxylic acids is 1. The highest BCUT2D eigenvalue weighted by atomic mass is 35.5. The zero-order chi connectivity index (χ0) is 13.4. The SMILES string of the molecule is O=C(O)c1ncc(Cl)c(-c2cccc3[nH]cnc23)n1. The maximum absolute atomic E-state index is 10.9. The molecule has 1 aromatic carbocycles. The zero-order valence-electron chi connectivity index (χ0n) is 9.46. The van der Waals surface area contributed by atoms with Crippen LogP contribution in [0.5, 0.6) is 0 Å². The lowest BCUT2D eigenvalue weighted by atomic mass is 10.1. The van der Waals surface area contributed by atoms with E-state index in [9.17, 15) is 4.79 Å². The van der Waals surface area contributed by atoms with E-state index in [1.807, 2.05) is 12.1 Å². The molecule has 2 aromatic heterocycles. The normalized spacial score (nSPS) is 10.8. The van der Waals surface area contributed by atoms with E-state index < -0.39 is 5.97 Å². The van der Waals surface area contributed by atoms with Gasteiger partial charge in [0.1, 0.15) is 0 Å². The van der Waals surface area contributed by atoms with Crippen molar-refractivity contribution in [1.82, 2.24) is 19.9 Å². The van der Waals surface area contributed by atoms with Gasteiger partial charge in [0.2, 0.25) is 5.82 Å². The van der Waals surface area contributed by atoms with Crippen molar-refractivity contribution in [2.45, 2.75) is 0 Å². The maximum Gasteiger partial charge on any atom is 0.373 e. The van der Waals surface area contributed by atoms with Crippen molar-refractivity contribution in [1.29, 1.82) is 0 Å². The molecule has 0 bridgehead atoms. The number of fused-ring (bicyclic) bond motifs is 1. The monoisotopic (exact) mass is 274 g/mol. The van der Waals surface area contributed by atoms with Crippen molar-refractivity contribution in [2.24, 2.45) is 0 Å². The number of imidazole rings is 1. The molecule has 7 heteroatoms. The number of aromatic amines is 1. The molecule has 3 rings (SSSR count). The van der Waals surface area contributed by atoms with Crippen LogP contribution < -0.4 is 0 Å². The number of carboxylic acids is 1. The second kappa shape index (κ2) is 4.33. The number of carboxylic acid groups (broad SMARTS) is 1. The third kappa shape index (κ3) is 1.92. The average molecular weight is 275 g/mol. The lowest BCUT2D eigenvalue weighted by molar-refractivity contribution is 0.0683. The Labute approximate surface area is 112 Å². The van der Waals surface area contributed by atoms with E-state index in [0.29, 0.717) is 16.8 Å².